The van der Waals surface area contributed by atoms with Gasteiger partial charge in [-0.2, -0.15) is 0 Å². The van der Waals surface area contributed by atoms with Gasteiger partial charge in [0.05, 0.1) is 12.5 Å². The molecule has 0 N–H and O–H groups in total. The molecular weight excluding hydrogens is 383 g/mol. The Kier molecular flexibility index (Phi) is 6.99. The molecule has 1 aliphatic heterocycles. The van der Waals surface area contributed by atoms with Crippen molar-refractivity contribution in [3.63, 3.8) is 0 Å². The minimum Gasteiger partial charge on any atom is -0.461 e. The Hall–Kier alpha value is 0.377. The van der Waals surface area contributed by atoms with Crippen LogP contribution < -0.4 is 0 Å². The molecule has 1 rings (SSSR count). The summed E-state index contributed by atoms with van der Waals surface area (Å²) in [5.74, 6) is -0.0953. The Balaban J connectivity index is 2.92. The van der Waals surface area contributed by atoms with Crippen molar-refractivity contribution in [3.05, 3.63) is 0 Å². The fourth-order valence-corrected chi connectivity index (χ4v) is 9.84. The largest absolute Gasteiger partial charge is 0.461 e. The summed E-state index contributed by atoms with van der Waals surface area (Å²) in [7, 11) is -1.90. The minimum absolute atomic E-state index is 0.0278. The number of carbonyl (C=O) groups is 1. The average molecular weight is 412 g/mol. The second-order valence-electron chi connectivity index (χ2n) is 6.76. The van der Waals surface area contributed by atoms with Crippen molar-refractivity contribution in [2.75, 3.05) is 4.43 Å². The van der Waals surface area contributed by atoms with E-state index in [1.807, 2.05) is 0 Å². The Labute approximate surface area is 138 Å². The molecule has 0 spiro atoms. The van der Waals surface area contributed by atoms with E-state index in [-0.39, 0.29) is 18.2 Å². The van der Waals surface area contributed by atoms with Gasteiger partial charge in [-0.05, 0) is 16.6 Å². The van der Waals surface area contributed by atoms with Gasteiger partial charge >= 0.3 is 5.97 Å². The van der Waals surface area contributed by atoms with Crippen molar-refractivity contribution in [3.8, 4) is 0 Å². The van der Waals surface area contributed by atoms with Gasteiger partial charge in [-0.3, -0.25) is 4.79 Å². The zero-order valence-electron chi connectivity index (χ0n) is 13.6. The lowest BCUT2D eigenvalue weighted by Gasteiger charge is -2.45. The van der Waals surface area contributed by atoms with Crippen LogP contribution in [0.25, 0.3) is 0 Å². The highest BCUT2D eigenvalue weighted by atomic mass is 127. The van der Waals surface area contributed by atoms with E-state index in [0.29, 0.717) is 23.0 Å². The SMILES string of the molecule is CC(C)[Si](OC1CC(=O)OC(CI)C1)(C(C)C)C(C)C. The summed E-state index contributed by atoms with van der Waals surface area (Å²) in [5.41, 5.74) is 1.66. The monoisotopic (exact) mass is 412 g/mol. The summed E-state index contributed by atoms with van der Waals surface area (Å²) in [6.07, 6.45) is 1.36. The quantitative estimate of drug-likeness (QED) is 0.275. The van der Waals surface area contributed by atoms with Gasteiger partial charge in [0.1, 0.15) is 6.10 Å². The van der Waals surface area contributed by atoms with Gasteiger partial charge in [0, 0.05) is 10.8 Å². The summed E-state index contributed by atoms with van der Waals surface area (Å²) in [6, 6.07) is 0. The Morgan fingerprint density at radius 2 is 1.70 bits per heavy atom. The standard InChI is InChI=1S/C15H29IO3Si/c1-10(2)20(11(3)4,12(5)6)19-13-7-14(9-16)18-15(17)8-13/h10-14H,7-9H2,1-6H3. The van der Waals surface area contributed by atoms with Crippen molar-refractivity contribution < 1.29 is 14.0 Å². The van der Waals surface area contributed by atoms with Crippen LogP contribution in [0.2, 0.25) is 16.6 Å². The molecule has 0 aliphatic carbocycles. The maximum Gasteiger partial charge on any atom is 0.308 e. The molecule has 2 atom stereocenters. The molecule has 20 heavy (non-hydrogen) atoms. The molecule has 0 aromatic heterocycles. The van der Waals surface area contributed by atoms with Crippen LogP contribution in [0.15, 0.2) is 0 Å². The topological polar surface area (TPSA) is 35.5 Å². The van der Waals surface area contributed by atoms with E-state index < -0.39 is 8.32 Å². The summed E-state index contributed by atoms with van der Waals surface area (Å²) >= 11 is 2.28. The predicted molar refractivity (Wildman–Crippen MR) is 93.9 cm³/mol. The number of esters is 1. The Morgan fingerprint density at radius 1 is 1.20 bits per heavy atom. The first-order valence-electron chi connectivity index (χ1n) is 7.67. The van der Waals surface area contributed by atoms with E-state index in [2.05, 4.69) is 64.1 Å². The maximum atomic E-state index is 11.7. The molecule has 1 aliphatic rings. The van der Waals surface area contributed by atoms with E-state index in [4.69, 9.17) is 9.16 Å². The number of ether oxygens (including phenoxy) is 1. The molecular formula is C15H29IO3Si. The summed E-state index contributed by atoms with van der Waals surface area (Å²) in [6.45, 7) is 13.7. The molecule has 5 heteroatoms. The highest BCUT2D eigenvalue weighted by Gasteiger charge is 2.47. The predicted octanol–water partition coefficient (Wildman–Crippen LogP) is 4.69. The van der Waals surface area contributed by atoms with Gasteiger partial charge in [0.2, 0.25) is 8.32 Å². The van der Waals surface area contributed by atoms with Crippen molar-refractivity contribution >= 4 is 36.9 Å². The van der Waals surface area contributed by atoms with Crippen LogP contribution in [0.3, 0.4) is 0 Å². The lowest BCUT2D eigenvalue weighted by molar-refractivity contribution is -0.157. The van der Waals surface area contributed by atoms with Crippen LogP contribution in [-0.4, -0.2) is 30.9 Å². The number of hydrogen-bond donors (Lipinski definition) is 0. The van der Waals surface area contributed by atoms with Crippen LogP contribution in [0.1, 0.15) is 54.4 Å². The number of carbonyl (C=O) groups excluding carboxylic acids is 1. The minimum atomic E-state index is -1.90. The zero-order valence-corrected chi connectivity index (χ0v) is 16.8. The number of rotatable bonds is 6. The molecule has 3 nitrogen and oxygen atoms in total. The van der Waals surface area contributed by atoms with Gasteiger partial charge in [-0.25, -0.2) is 0 Å². The van der Waals surface area contributed by atoms with Crippen LogP contribution in [0.5, 0.6) is 0 Å². The Morgan fingerprint density at radius 3 is 2.10 bits per heavy atom. The molecule has 0 bridgehead atoms. The highest BCUT2D eigenvalue weighted by molar-refractivity contribution is 14.1. The third-order valence-electron chi connectivity index (χ3n) is 4.47. The fourth-order valence-electron chi connectivity index (χ4n) is 3.73. The Bertz CT molecular complexity index is 309. The van der Waals surface area contributed by atoms with E-state index in [1.165, 1.54) is 0 Å². The lowest BCUT2D eigenvalue weighted by Crippen LogP contribution is -2.52. The van der Waals surface area contributed by atoms with Crippen molar-refractivity contribution in [2.24, 2.45) is 0 Å². The first kappa shape index (κ1) is 18.4. The number of halogens is 1. The molecule has 1 fully saturated rings. The summed E-state index contributed by atoms with van der Waals surface area (Å²) in [5, 5.41) is 0. The van der Waals surface area contributed by atoms with Crippen LogP contribution >= 0.6 is 22.6 Å². The molecule has 1 heterocycles. The van der Waals surface area contributed by atoms with Crippen molar-refractivity contribution in [1.82, 2.24) is 0 Å². The van der Waals surface area contributed by atoms with Crippen molar-refractivity contribution in [2.45, 2.75) is 83.2 Å². The zero-order chi connectivity index (χ0) is 15.5. The molecule has 1 saturated heterocycles. The first-order valence-corrected chi connectivity index (χ1v) is 11.3. The van der Waals surface area contributed by atoms with Crippen LogP contribution in [0.4, 0.5) is 0 Å². The molecule has 0 aromatic rings. The smallest absolute Gasteiger partial charge is 0.308 e. The van der Waals surface area contributed by atoms with Crippen molar-refractivity contribution in [1.29, 1.82) is 0 Å². The average Bonchev–Trinajstić information content (AvgIpc) is 2.33. The lowest BCUT2D eigenvalue weighted by atomic mass is 10.1. The second-order valence-corrected chi connectivity index (χ2v) is 13.1. The highest BCUT2D eigenvalue weighted by Crippen LogP contribution is 2.44. The van der Waals surface area contributed by atoms with Gasteiger partial charge in [0.25, 0.3) is 0 Å². The molecule has 0 saturated carbocycles. The molecule has 118 valence electrons. The van der Waals surface area contributed by atoms with Gasteiger partial charge in [0.15, 0.2) is 0 Å². The van der Waals surface area contributed by atoms with E-state index >= 15 is 0 Å². The summed E-state index contributed by atoms with van der Waals surface area (Å²) in [4.78, 5) is 11.7. The molecule has 0 radical (unpaired) electrons. The van der Waals surface area contributed by atoms with Crippen LogP contribution in [-0.2, 0) is 14.0 Å². The number of hydrogen-bond acceptors (Lipinski definition) is 3. The fraction of sp³-hybridized carbons (Fsp3) is 0.933. The third-order valence-corrected chi connectivity index (χ3v) is 11.6. The number of cyclic esters (lactones) is 1. The van der Waals surface area contributed by atoms with E-state index in [0.717, 1.165) is 10.8 Å². The molecule has 0 amide bonds. The van der Waals surface area contributed by atoms with Gasteiger partial charge in [-0.1, -0.05) is 64.1 Å². The molecule has 0 aromatic carbocycles. The maximum absolute atomic E-state index is 11.7. The third kappa shape index (κ3) is 3.97. The van der Waals surface area contributed by atoms with E-state index in [9.17, 15) is 4.79 Å². The van der Waals surface area contributed by atoms with Gasteiger partial charge in [-0.15, -0.1) is 0 Å². The van der Waals surface area contributed by atoms with Crippen LogP contribution in [0, 0.1) is 0 Å². The van der Waals surface area contributed by atoms with E-state index in [1.54, 1.807) is 0 Å². The molecule has 2 unspecified atom stereocenters. The first-order chi connectivity index (χ1) is 9.23. The normalized spacial score (nSPS) is 24.6. The second kappa shape index (κ2) is 7.58. The van der Waals surface area contributed by atoms with Gasteiger partial charge < -0.3 is 9.16 Å². The summed E-state index contributed by atoms with van der Waals surface area (Å²) < 4.78 is 12.9. The number of alkyl halides is 1.